The van der Waals surface area contributed by atoms with Gasteiger partial charge in [0, 0.05) is 19.7 Å². The van der Waals surface area contributed by atoms with Crippen LogP contribution >= 0.6 is 0 Å². The Kier molecular flexibility index (Phi) is 6.80. The maximum absolute atomic E-state index is 12.0. The first kappa shape index (κ1) is 15.8. The number of likely N-dealkylation sites (tertiary alicyclic amines) is 1. The second-order valence-electron chi connectivity index (χ2n) is 6.38. The van der Waals surface area contributed by atoms with Crippen molar-refractivity contribution in [1.29, 1.82) is 0 Å². The highest BCUT2D eigenvalue weighted by atomic mass is 16.5. The van der Waals surface area contributed by atoms with Crippen LogP contribution < -0.4 is 5.32 Å². The molecule has 0 radical (unpaired) electrons. The normalized spacial score (nSPS) is 25.6. The maximum atomic E-state index is 12.0. The van der Waals surface area contributed by atoms with Crippen LogP contribution in [-0.2, 0) is 9.53 Å². The molecule has 1 saturated heterocycles. The molecular formula is C16H30N2O2. The molecule has 4 nitrogen and oxygen atoms in total. The Morgan fingerprint density at radius 1 is 1.20 bits per heavy atom. The summed E-state index contributed by atoms with van der Waals surface area (Å²) in [5, 5.41) is 3.07. The zero-order valence-electron chi connectivity index (χ0n) is 12.9. The van der Waals surface area contributed by atoms with Gasteiger partial charge in [0.05, 0.1) is 12.0 Å². The summed E-state index contributed by atoms with van der Waals surface area (Å²) < 4.78 is 5.87. The summed E-state index contributed by atoms with van der Waals surface area (Å²) in [6.07, 6.45) is 10.0. The lowest BCUT2D eigenvalue weighted by atomic mass is 9.97. The van der Waals surface area contributed by atoms with Crippen LogP contribution in [-0.4, -0.2) is 50.2 Å². The summed E-state index contributed by atoms with van der Waals surface area (Å²) in [7, 11) is 2.09. The molecule has 1 saturated carbocycles. The lowest BCUT2D eigenvalue weighted by molar-refractivity contribution is -0.126. The van der Waals surface area contributed by atoms with Gasteiger partial charge < -0.3 is 15.0 Å². The molecule has 2 fully saturated rings. The molecule has 1 heterocycles. The first-order chi connectivity index (χ1) is 9.75. The van der Waals surface area contributed by atoms with E-state index >= 15 is 0 Å². The van der Waals surface area contributed by atoms with Crippen LogP contribution in [0.25, 0.3) is 0 Å². The minimum atomic E-state index is 0.188. The Bertz CT molecular complexity index is 290. The molecule has 0 aromatic heterocycles. The fourth-order valence-electron chi connectivity index (χ4n) is 3.29. The number of amides is 1. The summed E-state index contributed by atoms with van der Waals surface area (Å²) in [5.74, 6) is 0.419. The van der Waals surface area contributed by atoms with Gasteiger partial charge in [-0.25, -0.2) is 0 Å². The first-order valence-electron chi connectivity index (χ1n) is 8.33. The monoisotopic (exact) mass is 282 g/mol. The molecular weight excluding hydrogens is 252 g/mol. The molecule has 2 rings (SSSR count). The van der Waals surface area contributed by atoms with Gasteiger partial charge in [-0.05, 0) is 45.7 Å². The van der Waals surface area contributed by atoms with Gasteiger partial charge >= 0.3 is 0 Å². The Labute approximate surface area is 123 Å². The summed E-state index contributed by atoms with van der Waals surface area (Å²) >= 11 is 0. The van der Waals surface area contributed by atoms with Crippen molar-refractivity contribution in [3.05, 3.63) is 0 Å². The molecule has 0 aromatic rings. The minimum absolute atomic E-state index is 0.188. The number of carbonyl (C=O) groups excluding carboxylic acids is 1. The Morgan fingerprint density at radius 2 is 2.00 bits per heavy atom. The van der Waals surface area contributed by atoms with Crippen LogP contribution in [0.15, 0.2) is 0 Å². The molecule has 2 aliphatic rings. The van der Waals surface area contributed by atoms with E-state index in [4.69, 9.17) is 4.74 Å². The lowest BCUT2D eigenvalue weighted by Gasteiger charge is -2.28. The summed E-state index contributed by atoms with van der Waals surface area (Å²) in [5.41, 5.74) is 0. The predicted molar refractivity (Wildman–Crippen MR) is 80.7 cm³/mol. The van der Waals surface area contributed by atoms with Gasteiger partial charge in [0.15, 0.2) is 0 Å². The van der Waals surface area contributed by atoms with Crippen molar-refractivity contribution in [1.82, 2.24) is 10.2 Å². The fraction of sp³-hybridized carbons (Fsp3) is 0.938. The van der Waals surface area contributed by atoms with Crippen LogP contribution in [0, 0.1) is 5.92 Å². The Balaban J connectivity index is 1.50. The molecule has 1 aliphatic heterocycles. The second kappa shape index (κ2) is 8.63. The van der Waals surface area contributed by atoms with Crippen LogP contribution in [0.1, 0.15) is 51.4 Å². The van der Waals surface area contributed by atoms with Gasteiger partial charge in [-0.1, -0.05) is 19.3 Å². The molecule has 0 aromatic carbocycles. The highest BCUT2D eigenvalue weighted by Crippen LogP contribution is 2.20. The van der Waals surface area contributed by atoms with E-state index in [1.807, 2.05) is 0 Å². The number of piperidine rings is 1. The zero-order valence-corrected chi connectivity index (χ0v) is 12.9. The van der Waals surface area contributed by atoms with Gasteiger partial charge in [-0.3, -0.25) is 4.79 Å². The molecule has 1 aliphatic carbocycles. The van der Waals surface area contributed by atoms with Gasteiger partial charge in [0.25, 0.3) is 0 Å². The number of carbonyl (C=O) groups is 1. The topological polar surface area (TPSA) is 41.6 Å². The van der Waals surface area contributed by atoms with Crippen molar-refractivity contribution in [3.8, 4) is 0 Å². The molecule has 0 bridgehead atoms. The van der Waals surface area contributed by atoms with Crippen molar-refractivity contribution in [3.63, 3.8) is 0 Å². The van der Waals surface area contributed by atoms with E-state index in [2.05, 4.69) is 17.3 Å². The quantitative estimate of drug-likeness (QED) is 0.759. The number of nitrogens with one attached hydrogen (secondary N) is 1. The lowest BCUT2D eigenvalue weighted by Crippen LogP contribution is -2.41. The highest BCUT2D eigenvalue weighted by Gasteiger charge is 2.23. The SMILES string of the molecule is CN1CCC[C@H](C(=O)NCCCOC2CCCCC2)C1. The van der Waals surface area contributed by atoms with Crippen molar-refractivity contribution in [2.75, 3.05) is 33.3 Å². The molecule has 0 unspecified atom stereocenters. The summed E-state index contributed by atoms with van der Waals surface area (Å²) in [4.78, 5) is 14.3. The Morgan fingerprint density at radius 3 is 2.75 bits per heavy atom. The maximum Gasteiger partial charge on any atom is 0.224 e. The third kappa shape index (κ3) is 5.41. The number of ether oxygens (including phenoxy) is 1. The summed E-state index contributed by atoms with van der Waals surface area (Å²) in [6, 6.07) is 0. The fourth-order valence-corrected chi connectivity index (χ4v) is 3.29. The van der Waals surface area contributed by atoms with Crippen LogP contribution in [0.5, 0.6) is 0 Å². The van der Waals surface area contributed by atoms with E-state index in [0.29, 0.717) is 6.10 Å². The van der Waals surface area contributed by atoms with Crippen molar-refractivity contribution in [2.45, 2.75) is 57.5 Å². The van der Waals surface area contributed by atoms with Crippen LogP contribution in [0.4, 0.5) is 0 Å². The number of hydrogen-bond donors (Lipinski definition) is 1. The smallest absolute Gasteiger partial charge is 0.224 e. The molecule has 4 heteroatoms. The van der Waals surface area contributed by atoms with E-state index < -0.39 is 0 Å². The molecule has 20 heavy (non-hydrogen) atoms. The van der Waals surface area contributed by atoms with E-state index in [0.717, 1.165) is 45.5 Å². The van der Waals surface area contributed by atoms with E-state index in [-0.39, 0.29) is 11.8 Å². The molecule has 1 N–H and O–H groups in total. The number of hydrogen-bond acceptors (Lipinski definition) is 3. The largest absolute Gasteiger partial charge is 0.378 e. The Hall–Kier alpha value is -0.610. The van der Waals surface area contributed by atoms with E-state index in [1.165, 1.54) is 32.1 Å². The average Bonchev–Trinajstić information content (AvgIpc) is 2.48. The van der Waals surface area contributed by atoms with Gasteiger partial charge in [0.2, 0.25) is 5.91 Å². The first-order valence-corrected chi connectivity index (χ1v) is 8.33. The minimum Gasteiger partial charge on any atom is -0.378 e. The van der Waals surface area contributed by atoms with Crippen molar-refractivity contribution >= 4 is 5.91 Å². The second-order valence-corrected chi connectivity index (χ2v) is 6.38. The predicted octanol–water partition coefficient (Wildman–Crippen LogP) is 2.18. The third-order valence-electron chi connectivity index (χ3n) is 4.52. The average molecular weight is 282 g/mol. The van der Waals surface area contributed by atoms with E-state index in [1.54, 1.807) is 0 Å². The molecule has 116 valence electrons. The summed E-state index contributed by atoms with van der Waals surface area (Å²) in [6.45, 7) is 3.57. The number of rotatable bonds is 6. The van der Waals surface area contributed by atoms with Crippen molar-refractivity contribution < 1.29 is 9.53 Å². The van der Waals surface area contributed by atoms with Gasteiger partial charge in [0.1, 0.15) is 0 Å². The van der Waals surface area contributed by atoms with Crippen molar-refractivity contribution in [2.24, 2.45) is 5.92 Å². The molecule has 1 amide bonds. The standard InChI is InChI=1S/C16H30N2O2/c1-18-11-5-7-14(13-18)16(19)17-10-6-12-20-15-8-3-2-4-9-15/h14-15H,2-13H2,1H3,(H,17,19)/t14-/m0/s1. The molecule has 0 spiro atoms. The van der Waals surface area contributed by atoms with Crippen LogP contribution in [0.2, 0.25) is 0 Å². The zero-order chi connectivity index (χ0) is 14.2. The molecule has 1 atom stereocenters. The van der Waals surface area contributed by atoms with Gasteiger partial charge in [-0.2, -0.15) is 0 Å². The van der Waals surface area contributed by atoms with E-state index in [9.17, 15) is 4.79 Å². The number of nitrogens with zero attached hydrogens (tertiary/aromatic N) is 1. The van der Waals surface area contributed by atoms with Gasteiger partial charge in [-0.15, -0.1) is 0 Å². The highest BCUT2D eigenvalue weighted by molar-refractivity contribution is 5.78. The van der Waals surface area contributed by atoms with Crippen LogP contribution in [0.3, 0.4) is 0 Å². The third-order valence-corrected chi connectivity index (χ3v) is 4.52.